The fraction of sp³-hybridized carbons (Fsp3) is 0.419. The van der Waals surface area contributed by atoms with Crippen LogP contribution in [0.2, 0.25) is 0 Å². The molecule has 2 atom stereocenters. The molecule has 3 aromatic rings. The highest BCUT2D eigenvalue weighted by Crippen LogP contribution is 2.38. The number of aryl methyl sites for hydroxylation is 1. The molecule has 220 valence electrons. The monoisotopic (exact) mass is 584 g/mol. The van der Waals surface area contributed by atoms with E-state index in [1.54, 1.807) is 13.0 Å². The Labute approximate surface area is 241 Å². The molecule has 4 rings (SSSR count). The van der Waals surface area contributed by atoms with Gasteiger partial charge in [-0.15, -0.1) is 0 Å². The van der Waals surface area contributed by atoms with E-state index < -0.39 is 27.5 Å². The fourth-order valence-electron chi connectivity index (χ4n) is 5.05. The molecule has 1 N–H and O–H groups in total. The lowest BCUT2D eigenvalue weighted by Gasteiger charge is -2.28. The van der Waals surface area contributed by atoms with Crippen LogP contribution in [0.15, 0.2) is 48.7 Å². The van der Waals surface area contributed by atoms with Crippen LogP contribution in [0.25, 0.3) is 11.1 Å². The Bertz CT molecular complexity index is 1510. The van der Waals surface area contributed by atoms with Crippen LogP contribution < -0.4 is 9.47 Å². The summed E-state index contributed by atoms with van der Waals surface area (Å²) in [5, 5.41) is 9.30. The Kier molecular flexibility index (Phi) is 9.65. The molecule has 0 fully saturated rings. The second kappa shape index (κ2) is 13.0. The first-order valence-corrected chi connectivity index (χ1v) is 15.8. The SMILES string of the molecule is CCN(CCS(C)(=O)=O)Cc1cc(C2CCc3ccc(CC(C)C(=O)O)cc3O2)ccc1-c1cc(OC)ncc1F. The molecular formula is C31H37FN2O6S. The van der Waals surface area contributed by atoms with Crippen molar-refractivity contribution in [2.75, 3.05) is 32.2 Å². The van der Waals surface area contributed by atoms with Crippen molar-refractivity contribution in [2.24, 2.45) is 5.92 Å². The molecule has 41 heavy (non-hydrogen) atoms. The van der Waals surface area contributed by atoms with Gasteiger partial charge in [0.15, 0.2) is 0 Å². The largest absolute Gasteiger partial charge is 0.485 e. The van der Waals surface area contributed by atoms with Gasteiger partial charge < -0.3 is 14.6 Å². The third-order valence-corrected chi connectivity index (χ3v) is 8.41. The molecule has 2 aromatic carbocycles. The van der Waals surface area contributed by atoms with Crippen LogP contribution in [0, 0.1) is 11.7 Å². The standard InChI is InChI=1S/C31H37FN2O6S/c1-5-34(12-13-41(4,37)38)19-24-16-23(8-10-25(24)26-17-30(39-3)33-18-27(26)32)28-11-9-22-7-6-21(15-29(22)40-28)14-20(2)31(35)36/h6-8,10,15-18,20,28H,5,9,11-14,19H2,1-4H3,(H,35,36). The van der Waals surface area contributed by atoms with Crippen molar-refractivity contribution in [3.05, 3.63) is 76.7 Å². The van der Waals surface area contributed by atoms with Gasteiger partial charge in [-0.25, -0.2) is 17.8 Å². The molecule has 0 amide bonds. The molecular weight excluding hydrogens is 547 g/mol. The van der Waals surface area contributed by atoms with E-state index in [1.807, 2.05) is 48.2 Å². The maximum Gasteiger partial charge on any atom is 0.306 e. The molecule has 8 nitrogen and oxygen atoms in total. The van der Waals surface area contributed by atoms with Crippen LogP contribution in [0.1, 0.15) is 48.6 Å². The van der Waals surface area contributed by atoms with Gasteiger partial charge in [0.2, 0.25) is 5.88 Å². The van der Waals surface area contributed by atoms with Crippen molar-refractivity contribution in [2.45, 2.75) is 45.8 Å². The fourth-order valence-corrected chi connectivity index (χ4v) is 5.64. The lowest BCUT2D eigenvalue weighted by atomic mass is 9.91. The number of carboxylic acids is 1. The van der Waals surface area contributed by atoms with Gasteiger partial charge in [-0.3, -0.25) is 9.69 Å². The van der Waals surface area contributed by atoms with E-state index in [4.69, 9.17) is 9.47 Å². The number of carboxylic acid groups (broad SMARTS) is 1. The van der Waals surface area contributed by atoms with Crippen LogP contribution in [0.5, 0.6) is 11.6 Å². The first-order valence-electron chi connectivity index (χ1n) is 13.7. The van der Waals surface area contributed by atoms with Crippen molar-refractivity contribution in [1.82, 2.24) is 9.88 Å². The molecule has 1 aliphatic heterocycles. The van der Waals surface area contributed by atoms with E-state index in [-0.39, 0.29) is 11.9 Å². The van der Waals surface area contributed by atoms with Crippen molar-refractivity contribution < 1.29 is 32.2 Å². The number of hydrogen-bond donors (Lipinski definition) is 1. The third-order valence-electron chi connectivity index (χ3n) is 7.49. The van der Waals surface area contributed by atoms with Crippen LogP contribution in [0.3, 0.4) is 0 Å². The number of sulfone groups is 1. The average Bonchev–Trinajstić information content (AvgIpc) is 2.94. The van der Waals surface area contributed by atoms with E-state index >= 15 is 4.39 Å². The van der Waals surface area contributed by atoms with Crippen molar-refractivity contribution >= 4 is 15.8 Å². The Balaban J connectivity index is 1.68. The van der Waals surface area contributed by atoms with E-state index in [9.17, 15) is 18.3 Å². The Hall–Kier alpha value is -3.50. The maximum absolute atomic E-state index is 15.0. The molecule has 0 saturated heterocycles. The molecule has 1 aromatic heterocycles. The third kappa shape index (κ3) is 7.83. The number of fused-ring (bicyclic) bond motifs is 1. The summed E-state index contributed by atoms with van der Waals surface area (Å²) in [5.41, 5.74) is 4.77. The summed E-state index contributed by atoms with van der Waals surface area (Å²) in [4.78, 5) is 17.3. The van der Waals surface area contributed by atoms with Gasteiger partial charge in [-0.2, -0.15) is 0 Å². The summed E-state index contributed by atoms with van der Waals surface area (Å²) in [5.74, 6) is -0.756. The topological polar surface area (TPSA) is 106 Å². The number of pyridine rings is 1. The zero-order valence-electron chi connectivity index (χ0n) is 23.9. The first kappa shape index (κ1) is 30.5. The van der Waals surface area contributed by atoms with Gasteiger partial charge in [0.25, 0.3) is 0 Å². The van der Waals surface area contributed by atoms with Crippen LogP contribution >= 0.6 is 0 Å². The number of aromatic nitrogens is 1. The second-order valence-electron chi connectivity index (χ2n) is 10.7. The van der Waals surface area contributed by atoms with Crippen LogP contribution in [-0.2, 0) is 34.0 Å². The average molecular weight is 585 g/mol. The lowest BCUT2D eigenvalue weighted by molar-refractivity contribution is -0.141. The number of benzene rings is 2. The quantitative estimate of drug-likeness (QED) is 0.314. The number of aliphatic carboxylic acids is 1. The summed E-state index contributed by atoms with van der Waals surface area (Å²) in [6.45, 7) is 5.04. The number of halogens is 1. The summed E-state index contributed by atoms with van der Waals surface area (Å²) < 4.78 is 50.4. The predicted molar refractivity (Wildman–Crippen MR) is 155 cm³/mol. The minimum absolute atomic E-state index is 0.0264. The summed E-state index contributed by atoms with van der Waals surface area (Å²) >= 11 is 0. The van der Waals surface area contributed by atoms with Gasteiger partial charge >= 0.3 is 5.97 Å². The van der Waals surface area contributed by atoms with Crippen molar-refractivity contribution in [1.29, 1.82) is 0 Å². The first-order chi connectivity index (χ1) is 19.5. The van der Waals surface area contributed by atoms with Crippen molar-refractivity contribution in [3.63, 3.8) is 0 Å². The van der Waals surface area contributed by atoms with Crippen molar-refractivity contribution in [3.8, 4) is 22.8 Å². The smallest absolute Gasteiger partial charge is 0.306 e. The summed E-state index contributed by atoms with van der Waals surface area (Å²) in [6.07, 6.45) is 4.08. The summed E-state index contributed by atoms with van der Waals surface area (Å²) in [6, 6.07) is 13.3. The Morgan fingerprint density at radius 3 is 2.68 bits per heavy atom. The number of nitrogens with zero attached hydrogens (tertiary/aromatic N) is 2. The number of ether oxygens (including phenoxy) is 2. The molecule has 0 aliphatic carbocycles. The zero-order chi connectivity index (χ0) is 29.7. The van der Waals surface area contributed by atoms with Gasteiger partial charge in [-0.05, 0) is 59.7 Å². The van der Waals surface area contributed by atoms with Gasteiger partial charge in [0, 0.05) is 31.0 Å². The summed E-state index contributed by atoms with van der Waals surface area (Å²) in [7, 11) is -1.67. The Morgan fingerprint density at radius 2 is 2.00 bits per heavy atom. The molecule has 0 saturated carbocycles. The zero-order valence-corrected chi connectivity index (χ0v) is 24.7. The van der Waals surface area contributed by atoms with Crippen LogP contribution in [-0.4, -0.2) is 61.6 Å². The van der Waals surface area contributed by atoms with E-state index in [1.165, 1.54) is 13.4 Å². The second-order valence-corrected chi connectivity index (χ2v) is 12.9. The molecule has 0 spiro atoms. The number of rotatable bonds is 12. The minimum atomic E-state index is -3.15. The van der Waals surface area contributed by atoms with E-state index in [0.717, 1.165) is 47.0 Å². The molecule has 0 bridgehead atoms. The normalized spacial score (nSPS) is 15.7. The maximum atomic E-state index is 15.0. The number of methoxy groups -OCH3 is 1. The minimum Gasteiger partial charge on any atom is -0.485 e. The lowest BCUT2D eigenvalue weighted by Crippen LogP contribution is -2.29. The number of carbonyl (C=O) groups is 1. The van der Waals surface area contributed by atoms with E-state index in [0.29, 0.717) is 43.1 Å². The van der Waals surface area contributed by atoms with Gasteiger partial charge in [0.05, 0.1) is 25.0 Å². The molecule has 1 aliphatic rings. The predicted octanol–water partition coefficient (Wildman–Crippen LogP) is 5.09. The van der Waals surface area contributed by atoms with Gasteiger partial charge in [-0.1, -0.05) is 44.2 Å². The van der Waals surface area contributed by atoms with Crippen LogP contribution in [0.4, 0.5) is 4.39 Å². The molecule has 0 radical (unpaired) electrons. The highest BCUT2D eigenvalue weighted by atomic mass is 32.2. The highest BCUT2D eigenvalue weighted by Gasteiger charge is 2.24. The molecule has 2 unspecified atom stereocenters. The molecule has 10 heteroatoms. The Morgan fingerprint density at radius 1 is 1.22 bits per heavy atom. The van der Waals surface area contributed by atoms with Gasteiger partial charge in [0.1, 0.15) is 27.5 Å². The van der Waals surface area contributed by atoms with E-state index in [2.05, 4.69) is 4.98 Å². The highest BCUT2D eigenvalue weighted by molar-refractivity contribution is 7.90. The number of hydrogen-bond acceptors (Lipinski definition) is 7. The molecule has 2 heterocycles.